The monoisotopic (exact) mass is 387 g/mol. The van der Waals surface area contributed by atoms with E-state index in [0.717, 1.165) is 11.1 Å². The molecule has 0 bridgehead atoms. The minimum atomic E-state index is -0.478. The van der Waals surface area contributed by atoms with Gasteiger partial charge in [-0.2, -0.15) is 5.26 Å². The van der Waals surface area contributed by atoms with Gasteiger partial charge in [0.25, 0.3) is 5.91 Å². The van der Waals surface area contributed by atoms with Crippen LogP contribution in [0.5, 0.6) is 11.6 Å². The molecular weight excluding hydrogens is 366 g/mol. The van der Waals surface area contributed by atoms with Gasteiger partial charge in [-0.15, -0.1) is 0 Å². The number of carbonyl (C=O) groups is 1. The fraction of sp³-hybridized carbons (Fsp3) is 0.174. The number of aliphatic hydroxyl groups is 1. The van der Waals surface area contributed by atoms with Crippen molar-refractivity contribution in [3.8, 4) is 17.7 Å². The molecular formula is C23H21N3O3. The van der Waals surface area contributed by atoms with Gasteiger partial charge >= 0.3 is 0 Å². The lowest BCUT2D eigenvalue weighted by Crippen LogP contribution is -2.23. The number of amides is 1. The number of benzene rings is 2. The second-order valence-electron chi connectivity index (χ2n) is 6.45. The molecule has 0 radical (unpaired) electrons. The van der Waals surface area contributed by atoms with Gasteiger partial charge in [-0.25, -0.2) is 4.98 Å². The van der Waals surface area contributed by atoms with Gasteiger partial charge in [0.1, 0.15) is 11.3 Å². The number of nitrogens with one attached hydrogen (secondary N) is 1. The molecule has 1 amide bonds. The maximum atomic E-state index is 12.7. The van der Waals surface area contributed by atoms with E-state index in [1.807, 2.05) is 37.3 Å². The first-order chi connectivity index (χ1) is 14.1. The number of aliphatic hydroxyl groups excluding tert-OH is 1. The van der Waals surface area contributed by atoms with Crippen LogP contribution in [-0.2, 0) is 6.54 Å². The lowest BCUT2D eigenvalue weighted by Gasteiger charge is -2.11. The highest BCUT2D eigenvalue weighted by Gasteiger charge is 2.14. The molecule has 0 spiro atoms. The molecule has 3 aromatic rings. The van der Waals surface area contributed by atoms with Gasteiger partial charge in [-0.3, -0.25) is 4.79 Å². The second-order valence-corrected chi connectivity index (χ2v) is 6.45. The molecule has 29 heavy (non-hydrogen) atoms. The van der Waals surface area contributed by atoms with Crippen molar-refractivity contribution in [2.24, 2.45) is 0 Å². The molecule has 6 heteroatoms. The molecule has 1 atom stereocenters. The predicted molar refractivity (Wildman–Crippen MR) is 108 cm³/mol. The van der Waals surface area contributed by atoms with Crippen molar-refractivity contribution in [1.29, 1.82) is 5.26 Å². The number of ether oxygens (including phenoxy) is 1. The average molecular weight is 387 g/mol. The maximum Gasteiger partial charge on any atom is 0.257 e. The van der Waals surface area contributed by atoms with Gasteiger partial charge in [0, 0.05) is 12.7 Å². The van der Waals surface area contributed by atoms with Crippen molar-refractivity contribution in [3.63, 3.8) is 0 Å². The Morgan fingerprint density at radius 1 is 1.21 bits per heavy atom. The van der Waals surface area contributed by atoms with Gasteiger partial charge in [-0.1, -0.05) is 37.3 Å². The van der Waals surface area contributed by atoms with Gasteiger partial charge in [0.05, 0.1) is 17.7 Å². The Labute approximate surface area is 169 Å². The van der Waals surface area contributed by atoms with E-state index in [0.29, 0.717) is 29.8 Å². The number of hydrogen-bond acceptors (Lipinski definition) is 5. The Morgan fingerprint density at radius 3 is 2.72 bits per heavy atom. The van der Waals surface area contributed by atoms with Crippen LogP contribution in [0.1, 0.15) is 46.5 Å². The first kappa shape index (κ1) is 20.1. The lowest BCUT2D eigenvalue weighted by molar-refractivity contribution is 0.0948. The molecule has 2 N–H and O–H groups in total. The lowest BCUT2D eigenvalue weighted by atomic mass is 10.1. The van der Waals surface area contributed by atoms with E-state index in [9.17, 15) is 9.90 Å². The van der Waals surface area contributed by atoms with Crippen molar-refractivity contribution in [3.05, 3.63) is 89.1 Å². The predicted octanol–water partition coefficient (Wildman–Crippen LogP) is 4.12. The number of carbonyl (C=O) groups excluding carboxylic acids is 1. The Kier molecular flexibility index (Phi) is 6.56. The number of aromatic nitrogens is 1. The zero-order valence-corrected chi connectivity index (χ0v) is 16.0. The van der Waals surface area contributed by atoms with Crippen LogP contribution in [0.2, 0.25) is 0 Å². The topological polar surface area (TPSA) is 95.2 Å². The SMILES string of the molecule is CCC(O)c1ccc(CNC(=O)c2cccnc2Oc2cccc(C#N)c2)cc1. The van der Waals surface area contributed by atoms with Crippen LogP contribution in [0.3, 0.4) is 0 Å². The Morgan fingerprint density at radius 2 is 2.00 bits per heavy atom. The van der Waals surface area contributed by atoms with Crippen molar-refractivity contribution in [2.45, 2.75) is 26.0 Å². The van der Waals surface area contributed by atoms with E-state index in [-0.39, 0.29) is 11.8 Å². The van der Waals surface area contributed by atoms with Crippen LogP contribution in [0.25, 0.3) is 0 Å². The zero-order chi connectivity index (χ0) is 20.6. The van der Waals surface area contributed by atoms with E-state index in [2.05, 4.69) is 10.3 Å². The van der Waals surface area contributed by atoms with Crippen LogP contribution in [-0.4, -0.2) is 16.0 Å². The summed E-state index contributed by atoms with van der Waals surface area (Å²) in [5.74, 6) is 0.283. The third kappa shape index (κ3) is 5.18. The average Bonchev–Trinajstić information content (AvgIpc) is 2.77. The smallest absolute Gasteiger partial charge is 0.257 e. The highest BCUT2D eigenvalue weighted by atomic mass is 16.5. The van der Waals surface area contributed by atoms with Crippen LogP contribution < -0.4 is 10.1 Å². The van der Waals surface area contributed by atoms with Crippen LogP contribution in [0, 0.1) is 11.3 Å². The van der Waals surface area contributed by atoms with Crippen molar-refractivity contribution >= 4 is 5.91 Å². The van der Waals surface area contributed by atoms with Gasteiger partial charge < -0.3 is 15.2 Å². The number of pyridine rings is 1. The van der Waals surface area contributed by atoms with Gasteiger partial charge in [0.15, 0.2) is 0 Å². The van der Waals surface area contributed by atoms with Crippen LogP contribution >= 0.6 is 0 Å². The third-order valence-electron chi connectivity index (χ3n) is 4.40. The summed E-state index contributed by atoms with van der Waals surface area (Å²) in [4.78, 5) is 16.8. The number of nitriles is 1. The zero-order valence-electron chi connectivity index (χ0n) is 16.0. The molecule has 0 saturated heterocycles. The quantitative estimate of drug-likeness (QED) is 0.636. The van der Waals surface area contributed by atoms with E-state index in [1.165, 1.54) is 6.20 Å². The third-order valence-corrected chi connectivity index (χ3v) is 4.40. The normalized spacial score (nSPS) is 11.3. The Balaban J connectivity index is 1.69. The van der Waals surface area contributed by atoms with E-state index in [4.69, 9.17) is 10.00 Å². The van der Waals surface area contributed by atoms with Crippen molar-refractivity contribution in [2.75, 3.05) is 0 Å². The summed E-state index contributed by atoms with van der Waals surface area (Å²) in [6, 6.07) is 19.5. The maximum absolute atomic E-state index is 12.7. The molecule has 0 saturated carbocycles. The van der Waals surface area contributed by atoms with Crippen LogP contribution in [0.15, 0.2) is 66.9 Å². The van der Waals surface area contributed by atoms with E-state index >= 15 is 0 Å². The number of nitrogens with zero attached hydrogens (tertiary/aromatic N) is 2. The van der Waals surface area contributed by atoms with Crippen LogP contribution in [0.4, 0.5) is 0 Å². The summed E-state index contributed by atoms with van der Waals surface area (Å²) in [6.07, 6.45) is 1.71. The highest BCUT2D eigenvalue weighted by molar-refractivity contribution is 5.96. The minimum absolute atomic E-state index is 0.168. The number of rotatable bonds is 7. The Bertz CT molecular complexity index is 1030. The van der Waals surface area contributed by atoms with Crippen molar-refractivity contribution in [1.82, 2.24) is 10.3 Å². The summed E-state index contributed by atoms with van der Waals surface area (Å²) in [7, 11) is 0. The molecule has 0 aliphatic rings. The molecule has 0 aliphatic heterocycles. The molecule has 146 valence electrons. The fourth-order valence-electron chi connectivity index (χ4n) is 2.76. The second kappa shape index (κ2) is 9.49. The summed E-state index contributed by atoms with van der Waals surface area (Å²) in [5, 5.41) is 21.7. The first-order valence-electron chi connectivity index (χ1n) is 9.29. The molecule has 3 rings (SSSR count). The molecule has 1 heterocycles. The standard InChI is InChI=1S/C23H21N3O3/c1-2-21(27)18-10-8-16(9-11-18)15-26-22(28)20-7-4-12-25-23(20)29-19-6-3-5-17(13-19)14-24/h3-13,21,27H,2,15H2,1H3,(H,26,28). The summed E-state index contributed by atoms with van der Waals surface area (Å²) < 4.78 is 5.73. The van der Waals surface area contributed by atoms with Gasteiger partial charge in [-0.05, 0) is 47.9 Å². The highest BCUT2D eigenvalue weighted by Crippen LogP contribution is 2.24. The molecule has 1 unspecified atom stereocenters. The number of hydrogen-bond donors (Lipinski definition) is 2. The fourth-order valence-corrected chi connectivity index (χ4v) is 2.76. The molecule has 0 fully saturated rings. The first-order valence-corrected chi connectivity index (χ1v) is 9.29. The molecule has 6 nitrogen and oxygen atoms in total. The summed E-state index contributed by atoms with van der Waals surface area (Å²) >= 11 is 0. The summed E-state index contributed by atoms with van der Waals surface area (Å²) in [5.41, 5.74) is 2.53. The molecule has 1 aromatic heterocycles. The van der Waals surface area contributed by atoms with Crippen molar-refractivity contribution < 1.29 is 14.6 Å². The van der Waals surface area contributed by atoms with Gasteiger partial charge in [0.2, 0.25) is 5.88 Å². The summed E-state index contributed by atoms with van der Waals surface area (Å²) in [6.45, 7) is 2.25. The molecule has 0 aliphatic carbocycles. The largest absolute Gasteiger partial charge is 0.438 e. The van der Waals surface area contributed by atoms with E-state index in [1.54, 1.807) is 36.4 Å². The van der Waals surface area contributed by atoms with E-state index < -0.39 is 6.10 Å². The minimum Gasteiger partial charge on any atom is -0.438 e. The Hall–Kier alpha value is -3.69. The molecule has 2 aromatic carbocycles.